The Bertz CT molecular complexity index is 3180. The molecule has 2 heterocycles. The molecule has 266 valence electrons. The van der Waals surface area contributed by atoms with Crippen LogP contribution in [-0.4, -0.2) is 0 Å². The van der Waals surface area contributed by atoms with E-state index >= 15 is 0 Å². The van der Waals surface area contributed by atoms with Crippen LogP contribution in [0.2, 0.25) is 0 Å². The molecule has 0 aliphatic heterocycles. The number of hydrogen-bond donors (Lipinski definition) is 0. The second-order valence-electron chi connectivity index (χ2n) is 15.0. The van der Waals surface area contributed by atoms with Crippen molar-refractivity contribution in [1.82, 2.24) is 0 Å². The molecule has 0 radical (unpaired) electrons. The fraction of sp³-hybridized carbons (Fsp3) is 0.0566. The first kappa shape index (κ1) is 32.7. The van der Waals surface area contributed by atoms with Crippen molar-refractivity contribution in [2.24, 2.45) is 5.92 Å². The first-order valence-electron chi connectivity index (χ1n) is 19.4. The Morgan fingerprint density at radius 3 is 2.07 bits per heavy atom. The van der Waals surface area contributed by atoms with E-state index in [0.717, 1.165) is 40.0 Å². The van der Waals surface area contributed by atoms with E-state index in [1.807, 2.05) is 23.5 Å². The molecule has 3 heteroatoms. The number of nitrogens with zero attached hydrogens (tertiary/aromatic N) is 1. The molecule has 1 aliphatic rings. The van der Waals surface area contributed by atoms with E-state index in [1.54, 1.807) is 0 Å². The highest BCUT2D eigenvalue weighted by Crippen LogP contribution is 2.43. The van der Waals surface area contributed by atoms with Crippen molar-refractivity contribution >= 4 is 86.9 Å². The minimum atomic E-state index is 0.571. The molecule has 11 rings (SSSR count). The van der Waals surface area contributed by atoms with Gasteiger partial charge in [0.2, 0.25) is 0 Å². The fourth-order valence-corrected chi connectivity index (χ4v) is 9.74. The quantitative estimate of drug-likeness (QED) is 0.169. The predicted octanol–water partition coefficient (Wildman–Crippen LogP) is 15.9. The smallest absolute Gasteiger partial charge is 0.136 e. The molecule has 0 spiro atoms. The van der Waals surface area contributed by atoms with Crippen molar-refractivity contribution in [3.63, 3.8) is 0 Å². The van der Waals surface area contributed by atoms with Gasteiger partial charge in [-0.15, -0.1) is 11.3 Å². The SMILES string of the molecule is CC1C=CC(c2cccc(N(c3ccc(-c4ccc5ccc6oc7ccccc7c6c5c4)cc3)c3ccc(-c4cccc5c4sc4ccccc45)cc3)c2)=CC1. The van der Waals surface area contributed by atoms with Gasteiger partial charge in [-0.05, 0) is 117 Å². The fourth-order valence-electron chi connectivity index (χ4n) is 8.50. The lowest BCUT2D eigenvalue weighted by Gasteiger charge is -2.27. The maximum absolute atomic E-state index is 6.24. The third-order valence-corrected chi connectivity index (χ3v) is 12.6. The van der Waals surface area contributed by atoms with Crippen LogP contribution < -0.4 is 4.90 Å². The lowest BCUT2D eigenvalue weighted by atomic mass is 9.94. The zero-order chi connectivity index (χ0) is 37.2. The summed E-state index contributed by atoms with van der Waals surface area (Å²) in [5.41, 5.74) is 12.5. The summed E-state index contributed by atoms with van der Waals surface area (Å²) in [5.74, 6) is 0.571. The summed E-state index contributed by atoms with van der Waals surface area (Å²) in [4.78, 5) is 2.38. The Morgan fingerprint density at radius 1 is 0.536 bits per heavy atom. The van der Waals surface area contributed by atoms with Crippen molar-refractivity contribution in [1.29, 1.82) is 0 Å². The number of furan rings is 1. The van der Waals surface area contributed by atoms with Gasteiger partial charge in [0.05, 0.1) is 0 Å². The van der Waals surface area contributed by atoms with Crippen molar-refractivity contribution in [2.45, 2.75) is 13.3 Å². The Balaban J connectivity index is 1.000. The molecule has 0 fully saturated rings. The van der Waals surface area contributed by atoms with Crippen LogP contribution in [-0.2, 0) is 0 Å². The molecule has 0 amide bonds. The molecule has 56 heavy (non-hydrogen) atoms. The number of fused-ring (bicyclic) bond motifs is 8. The number of benzene rings is 8. The van der Waals surface area contributed by atoms with Crippen LogP contribution in [0.3, 0.4) is 0 Å². The molecule has 0 saturated heterocycles. The maximum atomic E-state index is 6.24. The molecule has 0 bridgehead atoms. The molecule has 8 aromatic carbocycles. The molecular formula is C53H37NOS. The van der Waals surface area contributed by atoms with Crippen LogP contribution in [0.5, 0.6) is 0 Å². The van der Waals surface area contributed by atoms with Crippen LogP contribution >= 0.6 is 11.3 Å². The summed E-state index contributed by atoms with van der Waals surface area (Å²) < 4.78 is 8.89. The second kappa shape index (κ2) is 13.3. The van der Waals surface area contributed by atoms with Gasteiger partial charge in [-0.1, -0.05) is 134 Å². The van der Waals surface area contributed by atoms with E-state index in [0.29, 0.717) is 5.92 Å². The Kier molecular flexibility index (Phi) is 7.75. The van der Waals surface area contributed by atoms with E-state index in [-0.39, 0.29) is 0 Å². The molecular weight excluding hydrogens is 699 g/mol. The largest absolute Gasteiger partial charge is 0.456 e. The zero-order valence-corrected chi connectivity index (χ0v) is 31.8. The third kappa shape index (κ3) is 5.54. The molecule has 1 aliphatic carbocycles. The summed E-state index contributed by atoms with van der Waals surface area (Å²) in [6, 6.07) is 61.9. The van der Waals surface area contributed by atoms with Crippen LogP contribution in [0.1, 0.15) is 18.9 Å². The van der Waals surface area contributed by atoms with E-state index in [4.69, 9.17) is 4.42 Å². The maximum Gasteiger partial charge on any atom is 0.136 e. The van der Waals surface area contributed by atoms with Crippen molar-refractivity contribution in [2.75, 3.05) is 4.90 Å². The van der Waals surface area contributed by atoms with Gasteiger partial charge >= 0.3 is 0 Å². The van der Waals surface area contributed by atoms with Gasteiger partial charge in [-0.3, -0.25) is 0 Å². The van der Waals surface area contributed by atoms with Gasteiger partial charge in [-0.25, -0.2) is 0 Å². The first-order valence-corrected chi connectivity index (χ1v) is 20.2. The number of anilines is 3. The van der Waals surface area contributed by atoms with Crippen LogP contribution in [0.4, 0.5) is 17.1 Å². The average molecular weight is 736 g/mol. The third-order valence-electron chi connectivity index (χ3n) is 11.4. The zero-order valence-electron chi connectivity index (χ0n) is 30.9. The summed E-state index contributed by atoms with van der Waals surface area (Å²) in [6.45, 7) is 2.27. The molecule has 0 saturated carbocycles. The molecule has 1 unspecified atom stereocenters. The van der Waals surface area contributed by atoms with Crippen molar-refractivity contribution < 1.29 is 4.42 Å². The minimum Gasteiger partial charge on any atom is -0.456 e. The Labute approximate surface area is 329 Å². The van der Waals surface area contributed by atoms with Gasteiger partial charge in [0.25, 0.3) is 0 Å². The van der Waals surface area contributed by atoms with E-state index in [2.05, 4.69) is 188 Å². The van der Waals surface area contributed by atoms with Gasteiger partial charge in [0.15, 0.2) is 0 Å². The average Bonchev–Trinajstić information content (AvgIpc) is 3.84. The standard InChI is InChI=1S/C53H37NOS/c1-34-16-18-35(19-17-34)39-8-6-9-43(32-39)54(42-29-24-37(25-30-42)44-12-7-13-46-45-10-3-5-15-51(45)56-53(44)46)41-27-22-36(23-28-41)40-21-20-38-26-31-50-52(48(38)33-40)47-11-2-4-14-49(47)55-50/h2-16,18-34H,17H2,1H3. The summed E-state index contributed by atoms with van der Waals surface area (Å²) in [7, 11) is 0. The Morgan fingerprint density at radius 2 is 1.25 bits per heavy atom. The normalized spacial score (nSPS) is 14.3. The summed E-state index contributed by atoms with van der Waals surface area (Å²) in [6.07, 6.45) is 8.03. The van der Waals surface area contributed by atoms with Gasteiger partial charge in [0, 0.05) is 48.0 Å². The van der Waals surface area contributed by atoms with Crippen LogP contribution in [0, 0.1) is 5.92 Å². The predicted molar refractivity (Wildman–Crippen MR) is 241 cm³/mol. The van der Waals surface area contributed by atoms with Crippen LogP contribution in [0.15, 0.2) is 193 Å². The highest BCUT2D eigenvalue weighted by Gasteiger charge is 2.17. The van der Waals surface area contributed by atoms with Crippen molar-refractivity contribution in [3.8, 4) is 22.3 Å². The number of para-hydroxylation sites is 1. The van der Waals surface area contributed by atoms with E-state index in [1.165, 1.54) is 69.7 Å². The molecule has 2 aromatic heterocycles. The number of thiophene rings is 1. The highest BCUT2D eigenvalue weighted by molar-refractivity contribution is 7.26. The molecule has 10 aromatic rings. The molecule has 1 atom stereocenters. The van der Waals surface area contributed by atoms with E-state index < -0.39 is 0 Å². The van der Waals surface area contributed by atoms with Crippen molar-refractivity contribution in [3.05, 3.63) is 194 Å². The monoisotopic (exact) mass is 735 g/mol. The van der Waals surface area contributed by atoms with Crippen LogP contribution in [0.25, 0.3) is 80.7 Å². The number of allylic oxidation sites excluding steroid dienone is 4. The molecule has 0 N–H and O–H groups in total. The summed E-state index contributed by atoms with van der Waals surface area (Å²) in [5, 5.41) is 7.38. The number of rotatable bonds is 6. The van der Waals surface area contributed by atoms with Gasteiger partial charge in [-0.2, -0.15) is 0 Å². The lowest BCUT2D eigenvalue weighted by molar-refractivity contribution is 0.669. The second-order valence-corrected chi connectivity index (χ2v) is 16.0. The lowest BCUT2D eigenvalue weighted by Crippen LogP contribution is -2.10. The topological polar surface area (TPSA) is 16.4 Å². The first-order chi connectivity index (χ1) is 27.6. The summed E-state index contributed by atoms with van der Waals surface area (Å²) >= 11 is 1.88. The van der Waals surface area contributed by atoms with Gasteiger partial charge < -0.3 is 9.32 Å². The molecule has 2 nitrogen and oxygen atoms in total. The minimum absolute atomic E-state index is 0.571. The highest BCUT2D eigenvalue weighted by atomic mass is 32.1. The van der Waals surface area contributed by atoms with E-state index in [9.17, 15) is 0 Å². The van der Waals surface area contributed by atoms with Gasteiger partial charge in [0.1, 0.15) is 11.2 Å². The number of hydrogen-bond acceptors (Lipinski definition) is 3. The Hall–Kier alpha value is -6.68.